The number of terminal acetylenes is 1. The van der Waals surface area contributed by atoms with E-state index in [0.29, 0.717) is 25.0 Å². The molecule has 0 bridgehead atoms. The van der Waals surface area contributed by atoms with Crippen molar-refractivity contribution in [1.29, 1.82) is 0 Å². The summed E-state index contributed by atoms with van der Waals surface area (Å²) in [6.07, 6.45) is 9.85. The lowest BCUT2D eigenvalue weighted by molar-refractivity contribution is 0.0338. The average molecular weight is 167 g/mol. The van der Waals surface area contributed by atoms with E-state index < -0.39 is 0 Å². The second-order valence-electron chi connectivity index (χ2n) is 3.29. The van der Waals surface area contributed by atoms with E-state index in [1.165, 1.54) is 12.8 Å². The summed E-state index contributed by atoms with van der Waals surface area (Å²) in [5.74, 6) is 3.14. The molecule has 0 aromatic carbocycles. The molecule has 0 radical (unpaired) electrons. The lowest BCUT2D eigenvalue weighted by atomic mass is 10.1. The Morgan fingerprint density at radius 2 is 2.33 bits per heavy atom. The monoisotopic (exact) mass is 167 g/mol. The maximum Gasteiger partial charge on any atom is 0.0615 e. The third-order valence-electron chi connectivity index (χ3n) is 2.47. The van der Waals surface area contributed by atoms with Gasteiger partial charge in [0.25, 0.3) is 0 Å². The van der Waals surface area contributed by atoms with Crippen LogP contribution in [0.2, 0.25) is 0 Å². The Hall–Kier alpha value is -0.520. The van der Waals surface area contributed by atoms with E-state index in [1.807, 2.05) is 0 Å². The molecule has 0 amide bonds. The molecule has 0 aromatic heterocycles. The molecule has 2 nitrogen and oxygen atoms in total. The first kappa shape index (κ1) is 9.57. The SMILES string of the molecule is C#CCCOC1CCCC1CN. The maximum absolute atomic E-state index is 5.62. The molecule has 12 heavy (non-hydrogen) atoms. The zero-order valence-electron chi connectivity index (χ0n) is 7.46. The van der Waals surface area contributed by atoms with Crippen molar-refractivity contribution in [2.24, 2.45) is 11.7 Å². The summed E-state index contributed by atoms with van der Waals surface area (Å²) < 4.78 is 5.62. The van der Waals surface area contributed by atoms with Crippen molar-refractivity contribution < 1.29 is 4.74 Å². The van der Waals surface area contributed by atoms with Crippen LogP contribution < -0.4 is 5.73 Å². The molecular formula is C10H17NO. The smallest absolute Gasteiger partial charge is 0.0615 e. The molecule has 2 heteroatoms. The second-order valence-corrected chi connectivity index (χ2v) is 3.29. The summed E-state index contributed by atoms with van der Waals surface area (Å²) in [6, 6.07) is 0. The van der Waals surface area contributed by atoms with Gasteiger partial charge in [-0.05, 0) is 25.3 Å². The molecule has 0 spiro atoms. The lowest BCUT2D eigenvalue weighted by Gasteiger charge is -2.17. The largest absolute Gasteiger partial charge is 0.377 e. The summed E-state index contributed by atoms with van der Waals surface area (Å²) in [6.45, 7) is 1.44. The van der Waals surface area contributed by atoms with Gasteiger partial charge >= 0.3 is 0 Å². The molecule has 1 aliphatic rings. The normalized spacial score (nSPS) is 28.7. The van der Waals surface area contributed by atoms with Crippen LogP contribution in [0.15, 0.2) is 0 Å². The molecule has 2 atom stereocenters. The summed E-state index contributed by atoms with van der Waals surface area (Å²) in [5, 5.41) is 0. The molecule has 0 aliphatic heterocycles. The lowest BCUT2D eigenvalue weighted by Crippen LogP contribution is -2.25. The highest BCUT2D eigenvalue weighted by Crippen LogP contribution is 2.27. The molecule has 0 aromatic rings. The van der Waals surface area contributed by atoms with E-state index in [4.69, 9.17) is 16.9 Å². The van der Waals surface area contributed by atoms with Gasteiger partial charge in [0, 0.05) is 6.42 Å². The van der Waals surface area contributed by atoms with Gasteiger partial charge in [-0.1, -0.05) is 6.42 Å². The van der Waals surface area contributed by atoms with Gasteiger partial charge < -0.3 is 10.5 Å². The minimum Gasteiger partial charge on any atom is -0.377 e. The van der Waals surface area contributed by atoms with Gasteiger partial charge in [0.2, 0.25) is 0 Å². The van der Waals surface area contributed by atoms with Gasteiger partial charge in [0.05, 0.1) is 12.7 Å². The first-order valence-electron chi connectivity index (χ1n) is 4.63. The van der Waals surface area contributed by atoms with Crippen molar-refractivity contribution in [2.75, 3.05) is 13.2 Å². The minimum atomic E-state index is 0.378. The Morgan fingerprint density at radius 3 is 3.00 bits per heavy atom. The van der Waals surface area contributed by atoms with Crippen molar-refractivity contribution in [3.05, 3.63) is 0 Å². The van der Waals surface area contributed by atoms with Gasteiger partial charge in [0.15, 0.2) is 0 Å². The molecule has 2 unspecified atom stereocenters. The Kier molecular flexibility index (Phi) is 4.13. The van der Waals surface area contributed by atoms with Gasteiger partial charge in [-0.3, -0.25) is 0 Å². The number of nitrogens with two attached hydrogens (primary N) is 1. The van der Waals surface area contributed by atoms with Gasteiger partial charge in [-0.15, -0.1) is 12.3 Å². The molecule has 1 rings (SSSR count). The van der Waals surface area contributed by atoms with Crippen molar-refractivity contribution in [3.63, 3.8) is 0 Å². The summed E-state index contributed by atoms with van der Waals surface area (Å²) in [4.78, 5) is 0. The molecule has 2 N–H and O–H groups in total. The fraction of sp³-hybridized carbons (Fsp3) is 0.800. The topological polar surface area (TPSA) is 35.2 Å². The number of hydrogen-bond acceptors (Lipinski definition) is 2. The third-order valence-corrected chi connectivity index (χ3v) is 2.47. The summed E-state index contributed by atoms with van der Waals surface area (Å²) >= 11 is 0. The Bertz CT molecular complexity index is 162. The highest BCUT2D eigenvalue weighted by molar-refractivity contribution is 4.84. The van der Waals surface area contributed by atoms with E-state index in [1.54, 1.807) is 0 Å². The van der Waals surface area contributed by atoms with Crippen LogP contribution in [0.3, 0.4) is 0 Å². The van der Waals surface area contributed by atoms with Crippen LogP contribution in [0, 0.1) is 18.3 Å². The summed E-state index contributed by atoms with van der Waals surface area (Å²) in [7, 11) is 0. The number of rotatable bonds is 4. The number of ether oxygens (including phenoxy) is 1. The fourth-order valence-corrected chi connectivity index (χ4v) is 1.76. The van der Waals surface area contributed by atoms with Crippen molar-refractivity contribution >= 4 is 0 Å². The molecule has 0 heterocycles. The van der Waals surface area contributed by atoms with Crippen LogP contribution in [0.25, 0.3) is 0 Å². The zero-order chi connectivity index (χ0) is 8.81. The zero-order valence-corrected chi connectivity index (χ0v) is 7.46. The predicted octanol–water partition coefficient (Wildman–Crippen LogP) is 1.15. The Balaban J connectivity index is 2.18. The van der Waals surface area contributed by atoms with Crippen LogP contribution in [0.1, 0.15) is 25.7 Å². The third kappa shape index (κ3) is 2.51. The first-order valence-corrected chi connectivity index (χ1v) is 4.63. The highest BCUT2D eigenvalue weighted by atomic mass is 16.5. The predicted molar refractivity (Wildman–Crippen MR) is 49.6 cm³/mol. The Labute approximate surface area is 74.5 Å². The standard InChI is InChI=1S/C10H17NO/c1-2-3-7-12-10-6-4-5-9(10)8-11/h1,9-10H,3-8,11H2. The second kappa shape index (κ2) is 5.18. The van der Waals surface area contributed by atoms with E-state index in [0.717, 1.165) is 13.0 Å². The molecule has 68 valence electrons. The molecule has 1 fully saturated rings. The first-order chi connectivity index (χ1) is 5.88. The van der Waals surface area contributed by atoms with Crippen LogP contribution in [-0.4, -0.2) is 19.3 Å². The van der Waals surface area contributed by atoms with Crippen LogP contribution in [-0.2, 0) is 4.74 Å². The fourth-order valence-electron chi connectivity index (χ4n) is 1.76. The van der Waals surface area contributed by atoms with Crippen LogP contribution >= 0.6 is 0 Å². The van der Waals surface area contributed by atoms with Crippen molar-refractivity contribution in [2.45, 2.75) is 31.8 Å². The van der Waals surface area contributed by atoms with E-state index in [2.05, 4.69) is 5.92 Å². The van der Waals surface area contributed by atoms with Crippen molar-refractivity contribution in [3.8, 4) is 12.3 Å². The summed E-state index contributed by atoms with van der Waals surface area (Å²) in [5.41, 5.74) is 5.61. The van der Waals surface area contributed by atoms with E-state index >= 15 is 0 Å². The van der Waals surface area contributed by atoms with Crippen LogP contribution in [0.4, 0.5) is 0 Å². The van der Waals surface area contributed by atoms with Gasteiger partial charge in [0.1, 0.15) is 0 Å². The van der Waals surface area contributed by atoms with Gasteiger partial charge in [-0.25, -0.2) is 0 Å². The van der Waals surface area contributed by atoms with Crippen LogP contribution in [0.5, 0.6) is 0 Å². The minimum absolute atomic E-state index is 0.378. The maximum atomic E-state index is 5.62. The van der Waals surface area contributed by atoms with E-state index in [-0.39, 0.29) is 0 Å². The number of hydrogen-bond donors (Lipinski definition) is 1. The van der Waals surface area contributed by atoms with Crippen molar-refractivity contribution in [1.82, 2.24) is 0 Å². The Morgan fingerprint density at radius 1 is 1.50 bits per heavy atom. The van der Waals surface area contributed by atoms with E-state index in [9.17, 15) is 0 Å². The average Bonchev–Trinajstić information content (AvgIpc) is 2.52. The highest BCUT2D eigenvalue weighted by Gasteiger charge is 2.26. The molecule has 1 saturated carbocycles. The molecule has 0 saturated heterocycles. The quantitative estimate of drug-likeness (QED) is 0.503. The molecular weight excluding hydrogens is 150 g/mol. The molecule has 1 aliphatic carbocycles. The van der Waals surface area contributed by atoms with Gasteiger partial charge in [-0.2, -0.15) is 0 Å².